The topological polar surface area (TPSA) is 154 Å². The Morgan fingerprint density at radius 2 is 1.85 bits per heavy atom. The van der Waals surface area contributed by atoms with Crippen LogP contribution >= 0.6 is 0 Å². The zero-order valence-corrected chi connectivity index (χ0v) is 15.3. The number of nitro groups is 1. The van der Waals surface area contributed by atoms with Crippen molar-refractivity contribution in [2.75, 3.05) is 17.7 Å². The zero-order valence-electron chi connectivity index (χ0n) is 14.5. The molecule has 1 unspecified atom stereocenters. The van der Waals surface area contributed by atoms with Crippen molar-refractivity contribution < 1.29 is 22.9 Å². The molecule has 2 aromatic carbocycles. The number of nitro benzene ring substituents is 1. The number of hydrogen-bond donors (Lipinski definition) is 3. The molecule has 0 aliphatic carbocycles. The second-order valence-electron chi connectivity index (χ2n) is 5.57. The Balaban J connectivity index is 2.12. The number of methoxy groups -OCH3 is 1. The zero-order chi connectivity index (χ0) is 20.2. The highest BCUT2D eigenvalue weighted by atomic mass is 32.2. The Hall–Kier alpha value is -3.18. The number of nitrogens with zero attached hydrogens (tertiary/aromatic N) is 1. The van der Waals surface area contributed by atoms with Crippen molar-refractivity contribution in [2.24, 2.45) is 5.14 Å². The van der Waals surface area contributed by atoms with Crippen LogP contribution in [0.3, 0.4) is 0 Å². The van der Waals surface area contributed by atoms with Crippen LogP contribution in [-0.2, 0) is 14.8 Å². The summed E-state index contributed by atoms with van der Waals surface area (Å²) >= 11 is 0. The van der Waals surface area contributed by atoms with E-state index in [-0.39, 0.29) is 22.0 Å². The van der Waals surface area contributed by atoms with Crippen LogP contribution in [0, 0.1) is 10.1 Å². The Labute approximate surface area is 155 Å². The molecule has 0 aliphatic heterocycles. The van der Waals surface area contributed by atoms with Gasteiger partial charge in [-0.1, -0.05) is 0 Å². The monoisotopic (exact) mass is 394 g/mol. The number of primary sulfonamides is 1. The van der Waals surface area contributed by atoms with Crippen molar-refractivity contribution in [2.45, 2.75) is 17.9 Å². The first-order valence-electron chi connectivity index (χ1n) is 7.64. The lowest BCUT2D eigenvalue weighted by Gasteiger charge is -2.16. The third-order valence-electron chi connectivity index (χ3n) is 3.61. The molecule has 1 atom stereocenters. The van der Waals surface area contributed by atoms with Crippen molar-refractivity contribution in [3.8, 4) is 5.75 Å². The lowest BCUT2D eigenvalue weighted by molar-refractivity contribution is -0.384. The molecule has 0 aliphatic rings. The van der Waals surface area contributed by atoms with Crippen LogP contribution in [0.2, 0.25) is 0 Å². The van der Waals surface area contributed by atoms with Gasteiger partial charge in [0.2, 0.25) is 15.9 Å². The Morgan fingerprint density at radius 3 is 2.37 bits per heavy atom. The highest BCUT2D eigenvalue weighted by Gasteiger charge is 2.18. The number of carbonyl (C=O) groups excluding carboxylic acids is 1. The van der Waals surface area contributed by atoms with E-state index in [9.17, 15) is 23.3 Å². The van der Waals surface area contributed by atoms with E-state index in [0.717, 1.165) is 0 Å². The van der Waals surface area contributed by atoms with Crippen molar-refractivity contribution in [3.63, 3.8) is 0 Å². The van der Waals surface area contributed by atoms with Crippen LogP contribution in [0.4, 0.5) is 17.1 Å². The summed E-state index contributed by atoms with van der Waals surface area (Å²) < 4.78 is 27.6. The number of non-ortho nitro benzene ring substituents is 1. The minimum Gasteiger partial charge on any atom is -0.495 e. The predicted molar refractivity (Wildman–Crippen MR) is 99.2 cm³/mol. The Kier molecular flexibility index (Phi) is 5.98. The van der Waals surface area contributed by atoms with E-state index in [1.165, 1.54) is 49.6 Å². The molecule has 0 saturated carbocycles. The maximum atomic E-state index is 12.4. The summed E-state index contributed by atoms with van der Waals surface area (Å²) in [5.74, 6) is -0.192. The molecule has 1 amide bonds. The molecule has 2 aromatic rings. The largest absolute Gasteiger partial charge is 0.495 e. The van der Waals surface area contributed by atoms with Gasteiger partial charge in [0, 0.05) is 17.8 Å². The molecule has 2 rings (SSSR count). The van der Waals surface area contributed by atoms with Crippen molar-refractivity contribution >= 4 is 33.0 Å². The van der Waals surface area contributed by atoms with Gasteiger partial charge in [-0.3, -0.25) is 14.9 Å². The molecule has 0 saturated heterocycles. The molecule has 0 spiro atoms. The van der Waals surface area contributed by atoms with Gasteiger partial charge in [0.1, 0.15) is 11.8 Å². The summed E-state index contributed by atoms with van der Waals surface area (Å²) in [4.78, 5) is 22.6. The van der Waals surface area contributed by atoms with E-state index in [1.54, 1.807) is 6.92 Å². The quantitative estimate of drug-likeness (QED) is 0.477. The number of amides is 1. The third kappa shape index (κ3) is 5.15. The molecule has 0 bridgehead atoms. The number of sulfonamides is 1. The smallest absolute Gasteiger partial charge is 0.271 e. The summed E-state index contributed by atoms with van der Waals surface area (Å²) in [6.45, 7) is 1.58. The molecule has 10 nitrogen and oxygen atoms in total. The first-order chi connectivity index (χ1) is 12.6. The van der Waals surface area contributed by atoms with E-state index in [0.29, 0.717) is 5.69 Å². The third-order valence-corrected chi connectivity index (χ3v) is 4.54. The minimum atomic E-state index is -3.80. The highest BCUT2D eigenvalue weighted by Crippen LogP contribution is 2.29. The lowest BCUT2D eigenvalue weighted by Crippen LogP contribution is -2.32. The van der Waals surface area contributed by atoms with Gasteiger partial charge in [0.05, 0.1) is 22.6 Å². The van der Waals surface area contributed by atoms with Gasteiger partial charge >= 0.3 is 0 Å². The van der Waals surface area contributed by atoms with Crippen molar-refractivity contribution in [1.29, 1.82) is 0 Å². The van der Waals surface area contributed by atoms with E-state index in [2.05, 4.69) is 10.6 Å². The van der Waals surface area contributed by atoms with Gasteiger partial charge in [0.25, 0.3) is 5.69 Å². The number of hydrogen-bond acceptors (Lipinski definition) is 7. The van der Waals surface area contributed by atoms with E-state index >= 15 is 0 Å². The molecule has 0 fully saturated rings. The molecule has 11 heteroatoms. The molecular weight excluding hydrogens is 376 g/mol. The van der Waals surface area contributed by atoms with Crippen LogP contribution in [0.15, 0.2) is 47.4 Å². The minimum absolute atomic E-state index is 0.0495. The molecule has 4 N–H and O–H groups in total. The second-order valence-corrected chi connectivity index (χ2v) is 7.13. The Bertz CT molecular complexity index is 959. The van der Waals surface area contributed by atoms with E-state index in [4.69, 9.17) is 9.88 Å². The first-order valence-corrected chi connectivity index (χ1v) is 9.19. The molecule has 144 valence electrons. The summed E-state index contributed by atoms with van der Waals surface area (Å²) in [5.41, 5.74) is 0.469. The van der Waals surface area contributed by atoms with Crippen LogP contribution in [0.5, 0.6) is 5.75 Å². The summed E-state index contributed by atoms with van der Waals surface area (Å²) in [6.07, 6.45) is 0. The van der Waals surface area contributed by atoms with Gasteiger partial charge < -0.3 is 15.4 Å². The number of carbonyl (C=O) groups is 1. The van der Waals surface area contributed by atoms with Crippen LogP contribution < -0.4 is 20.5 Å². The normalized spacial score (nSPS) is 12.1. The van der Waals surface area contributed by atoms with Crippen molar-refractivity contribution in [1.82, 2.24) is 0 Å². The fourth-order valence-electron chi connectivity index (χ4n) is 2.20. The van der Waals surface area contributed by atoms with E-state index in [1.807, 2.05) is 0 Å². The summed E-state index contributed by atoms with van der Waals surface area (Å²) in [5, 5.41) is 21.4. The van der Waals surface area contributed by atoms with Gasteiger partial charge in [-0.25, -0.2) is 13.6 Å². The molecule has 0 radical (unpaired) electrons. The molecule has 27 heavy (non-hydrogen) atoms. The molecule has 0 aromatic heterocycles. The van der Waals surface area contributed by atoms with Gasteiger partial charge in [-0.2, -0.15) is 0 Å². The average Bonchev–Trinajstić information content (AvgIpc) is 2.61. The van der Waals surface area contributed by atoms with Crippen LogP contribution in [-0.4, -0.2) is 32.4 Å². The standard InChI is InChI=1S/C16H18N4O6S/c1-10(18-11-3-6-13(7-4-11)27(17,24)25)16(21)19-14-9-12(20(22)23)5-8-15(14)26-2/h3-10,18H,1-2H3,(H,19,21)(H2,17,24,25). The fourth-order valence-corrected chi connectivity index (χ4v) is 2.72. The number of nitrogens with one attached hydrogen (secondary N) is 2. The second kappa shape index (κ2) is 8.01. The van der Waals surface area contributed by atoms with Crippen LogP contribution in [0.1, 0.15) is 6.92 Å². The predicted octanol–water partition coefficient (Wildman–Crippen LogP) is 1.69. The maximum absolute atomic E-state index is 12.4. The SMILES string of the molecule is COc1ccc([N+](=O)[O-])cc1NC(=O)C(C)Nc1ccc(S(N)(=O)=O)cc1. The Morgan fingerprint density at radius 1 is 1.22 bits per heavy atom. The summed E-state index contributed by atoms with van der Waals surface area (Å²) in [6, 6.07) is 8.69. The number of rotatable bonds is 7. The van der Waals surface area contributed by atoms with E-state index < -0.39 is 26.9 Å². The summed E-state index contributed by atoms with van der Waals surface area (Å²) in [7, 11) is -2.42. The van der Waals surface area contributed by atoms with Gasteiger partial charge in [0.15, 0.2) is 0 Å². The van der Waals surface area contributed by atoms with Gasteiger partial charge in [-0.05, 0) is 37.3 Å². The van der Waals surface area contributed by atoms with Crippen LogP contribution in [0.25, 0.3) is 0 Å². The maximum Gasteiger partial charge on any atom is 0.271 e. The van der Waals surface area contributed by atoms with Crippen molar-refractivity contribution in [3.05, 3.63) is 52.6 Å². The average molecular weight is 394 g/mol. The molecule has 0 heterocycles. The number of nitrogens with two attached hydrogens (primary N) is 1. The van der Waals surface area contributed by atoms with Gasteiger partial charge in [-0.15, -0.1) is 0 Å². The number of ether oxygens (including phenoxy) is 1. The fraction of sp³-hybridized carbons (Fsp3) is 0.188. The first kappa shape index (κ1) is 20.1. The molecular formula is C16H18N4O6S. The number of anilines is 2. The lowest BCUT2D eigenvalue weighted by atomic mass is 10.2. The number of benzene rings is 2. The highest BCUT2D eigenvalue weighted by molar-refractivity contribution is 7.89.